The second-order valence-electron chi connectivity index (χ2n) is 3.53. The van der Waals surface area contributed by atoms with Crippen LogP contribution < -0.4 is 5.73 Å². The monoisotopic (exact) mass is 254 g/mol. The van der Waals surface area contributed by atoms with Crippen LogP contribution in [0, 0.1) is 0 Å². The van der Waals surface area contributed by atoms with E-state index in [0.717, 1.165) is 12.1 Å². The molecule has 0 aliphatic rings. The summed E-state index contributed by atoms with van der Waals surface area (Å²) in [7, 11) is 1.63. The first-order valence-electron chi connectivity index (χ1n) is 5.28. The number of rotatable bonds is 5. The van der Waals surface area contributed by atoms with E-state index in [1.165, 1.54) is 11.3 Å². The summed E-state index contributed by atoms with van der Waals surface area (Å²) < 4.78 is 10.4. The first-order chi connectivity index (χ1) is 8.22. The van der Waals surface area contributed by atoms with Gasteiger partial charge in [-0.1, -0.05) is 12.1 Å². The third-order valence-electron chi connectivity index (χ3n) is 2.33. The normalized spacial score (nSPS) is 12.8. The van der Waals surface area contributed by atoms with Gasteiger partial charge in [-0.25, -0.2) is 4.98 Å². The molecule has 0 aliphatic carbocycles. The van der Waals surface area contributed by atoms with E-state index in [1.54, 1.807) is 7.11 Å². The molecule has 0 bridgehead atoms. The average Bonchev–Trinajstić information content (AvgIpc) is 2.91. The molecule has 0 aliphatic heterocycles. The quantitative estimate of drug-likeness (QED) is 0.875. The molecule has 7 heteroatoms. The van der Waals surface area contributed by atoms with Crippen LogP contribution in [-0.2, 0) is 11.2 Å². The van der Waals surface area contributed by atoms with Gasteiger partial charge in [0.25, 0.3) is 0 Å². The van der Waals surface area contributed by atoms with Crippen LogP contribution in [0.2, 0.25) is 0 Å². The maximum absolute atomic E-state index is 5.55. The zero-order valence-electron chi connectivity index (χ0n) is 9.71. The molecule has 0 aromatic carbocycles. The molecule has 0 saturated carbocycles. The predicted molar refractivity (Wildman–Crippen MR) is 63.7 cm³/mol. The molecule has 2 N–H and O–H groups in total. The molecule has 0 saturated heterocycles. The van der Waals surface area contributed by atoms with E-state index in [1.807, 2.05) is 12.3 Å². The molecular formula is C10H14N4O2S. The second-order valence-corrected chi connectivity index (χ2v) is 4.42. The van der Waals surface area contributed by atoms with Crippen molar-refractivity contribution in [1.82, 2.24) is 15.1 Å². The number of hydrogen-bond acceptors (Lipinski definition) is 7. The van der Waals surface area contributed by atoms with Crippen molar-refractivity contribution in [3.05, 3.63) is 22.8 Å². The molecule has 2 heterocycles. The SMILES string of the molecule is CCC(OC)c1noc(Cc2csc(N)n2)n1. The van der Waals surface area contributed by atoms with Crippen molar-refractivity contribution >= 4 is 16.5 Å². The van der Waals surface area contributed by atoms with Gasteiger partial charge in [0.1, 0.15) is 6.10 Å². The van der Waals surface area contributed by atoms with Gasteiger partial charge in [0.2, 0.25) is 11.7 Å². The molecule has 2 aromatic heterocycles. The Morgan fingerprint density at radius 1 is 1.53 bits per heavy atom. The minimum atomic E-state index is -0.118. The summed E-state index contributed by atoms with van der Waals surface area (Å²) in [6.07, 6.45) is 1.19. The van der Waals surface area contributed by atoms with Gasteiger partial charge in [0.05, 0.1) is 12.1 Å². The van der Waals surface area contributed by atoms with E-state index in [0.29, 0.717) is 23.3 Å². The van der Waals surface area contributed by atoms with E-state index in [-0.39, 0.29) is 6.10 Å². The Morgan fingerprint density at radius 2 is 2.35 bits per heavy atom. The highest BCUT2D eigenvalue weighted by atomic mass is 32.1. The first-order valence-corrected chi connectivity index (χ1v) is 6.16. The molecule has 2 rings (SSSR count). The zero-order chi connectivity index (χ0) is 12.3. The smallest absolute Gasteiger partial charge is 0.232 e. The molecule has 0 fully saturated rings. The number of nitrogens with zero attached hydrogens (tertiary/aromatic N) is 3. The topological polar surface area (TPSA) is 87.1 Å². The Hall–Kier alpha value is -1.47. The standard InChI is InChI=1S/C10H14N4O2S/c1-3-7(15-2)9-13-8(16-14-9)4-6-5-17-10(11)12-6/h5,7H,3-4H2,1-2H3,(H2,11,12). The van der Waals surface area contributed by atoms with Gasteiger partial charge in [-0.2, -0.15) is 4.98 Å². The van der Waals surface area contributed by atoms with Gasteiger partial charge in [-0.15, -0.1) is 11.3 Å². The predicted octanol–water partition coefficient (Wildman–Crippen LogP) is 1.80. The van der Waals surface area contributed by atoms with Crippen LogP contribution in [-0.4, -0.2) is 22.2 Å². The molecule has 1 atom stereocenters. The maximum Gasteiger partial charge on any atom is 0.232 e. The van der Waals surface area contributed by atoms with E-state index >= 15 is 0 Å². The summed E-state index contributed by atoms with van der Waals surface area (Å²) in [5, 5.41) is 6.32. The van der Waals surface area contributed by atoms with Gasteiger partial charge >= 0.3 is 0 Å². The lowest BCUT2D eigenvalue weighted by Gasteiger charge is -2.05. The maximum atomic E-state index is 5.55. The minimum Gasteiger partial charge on any atom is -0.375 e. The zero-order valence-corrected chi connectivity index (χ0v) is 10.5. The largest absolute Gasteiger partial charge is 0.375 e. The number of nitrogen functional groups attached to an aromatic ring is 1. The average molecular weight is 254 g/mol. The Balaban J connectivity index is 2.08. The molecule has 92 valence electrons. The molecule has 0 radical (unpaired) electrons. The Labute approximate surface area is 103 Å². The van der Waals surface area contributed by atoms with Crippen LogP contribution >= 0.6 is 11.3 Å². The van der Waals surface area contributed by atoms with Gasteiger partial charge in [0.15, 0.2) is 5.13 Å². The summed E-state index contributed by atoms with van der Waals surface area (Å²) in [6, 6.07) is 0. The second kappa shape index (κ2) is 5.24. The van der Waals surface area contributed by atoms with Crippen molar-refractivity contribution in [1.29, 1.82) is 0 Å². The number of nitrogens with two attached hydrogens (primary N) is 1. The van der Waals surface area contributed by atoms with E-state index in [4.69, 9.17) is 15.0 Å². The fraction of sp³-hybridized carbons (Fsp3) is 0.500. The fourth-order valence-electron chi connectivity index (χ4n) is 1.48. The number of aromatic nitrogens is 3. The molecular weight excluding hydrogens is 240 g/mol. The third kappa shape index (κ3) is 2.80. The van der Waals surface area contributed by atoms with E-state index in [2.05, 4.69) is 15.1 Å². The summed E-state index contributed by atoms with van der Waals surface area (Å²) in [5.74, 6) is 1.11. The highest BCUT2D eigenvalue weighted by Crippen LogP contribution is 2.18. The fourth-order valence-corrected chi connectivity index (χ4v) is 2.05. The Morgan fingerprint density at radius 3 is 2.94 bits per heavy atom. The van der Waals surface area contributed by atoms with Crippen LogP contribution in [0.3, 0.4) is 0 Å². The van der Waals surface area contributed by atoms with Crippen molar-refractivity contribution in [2.75, 3.05) is 12.8 Å². The summed E-state index contributed by atoms with van der Waals surface area (Å²) in [4.78, 5) is 8.42. The van der Waals surface area contributed by atoms with Crippen LogP contribution in [0.15, 0.2) is 9.90 Å². The lowest BCUT2D eigenvalue weighted by atomic mass is 10.2. The Kier molecular flexibility index (Phi) is 3.70. The highest BCUT2D eigenvalue weighted by molar-refractivity contribution is 7.13. The van der Waals surface area contributed by atoms with Crippen molar-refractivity contribution in [3.63, 3.8) is 0 Å². The van der Waals surface area contributed by atoms with Crippen LogP contribution in [0.5, 0.6) is 0 Å². The Bertz CT molecular complexity index is 478. The molecule has 6 nitrogen and oxygen atoms in total. The van der Waals surface area contributed by atoms with Crippen LogP contribution in [0.4, 0.5) is 5.13 Å². The molecule has 0 amide bonds. The summed E-state index contributed by atoms with van der Waals surface area (Å²) in [5.41, 5.74) is 6.39. The summed E-state index contributed by atoms with van der Waals surface area (Å²) >= 11 is 1.40. The number of hydrogen-bond donors (Lipinski definition) is 1. The van der Waals surface area contributed by atoms with Crippen molar-refractivity contribution < 1.29 is 9.26 Å². The van der Waals surface area contributed by atoms with Crippen LogP contribution in [0.1, 0.15) is 36.9 Å². The lowest BCUT2D eigenvalue weighted by molar-refractivity contribution is 0.0903. The van der Waals surface area contributed by atoms with Gasteiger partial charge < -0.3 is 15.0 Å². The molecule has 1 unspecified atom stereocenters. The number of ether oxygens (including phenoxy) is 1. The third-order valence-corrected chi connectivity index (χ3v) is 3.05. The summed E-state index contributed by atoms with van der Waals surface area (Å²) in [6.45, 7) is 2.01. The van der Waals surface area contributed by atoms with Gasteiger partial charge in [0, 0.05) is 12.5 Å². The molecule has 17 heavy (non-hydrogen) atoms. The van der Waals surface area contributed by atoms with Crippen molar-refractivity contribution in [2.45, 2.75) is 25.9 Å². The molecule has 0 spiro atoms. The van der Waals surface area contributed by atoms with Gasteiger partial charge in [-0.3, -0.25) is 0 Å². The van der Waals surface area contributed by atoms with Crippen molar-refractivity contribution in [3.8, 4) is 0 Å². The minimum absolute atomic E-state index is 0.118. The lowest BCUT2D eigenvalue weighted by Crippen LogP contribution is -2.02. The number of thiazole rings is 1. The van der Waals surface area contributed by atoms with Crippen LogP contribution in [0.25, 0.3) is 0 Å². The molecule has 2 aromatic rings. The van der Waals surface area contributed by atoms with E-state index in [9.17, 15) is 0 Å². The number of methoxy groups -OCH3 is 1. The van der Waals surface area contributed by atoms with E-state index < -0.39 is 0 Å². The van der Waals surface area contributed by atoms with Crippen molar-refractivity contribution in [2.24, 2.45) is 0 Å². The first kappa shape index (κ1) is 12.0. The van der Waals surface area contributed by atoms with Gasteiger partial charge in [-0.05, 0) is 6.42 Å². The highest BCUT2D eigenvalue weighted by Gasteiger charge is 2.16. The number of anilines is 1.